The molecule has 0 amide bonds. The van der Waals surface area contributed by atoms with E-state index in [1.54, 1.807) is 38.5 Å². The molecule has 1 saturated heterocycles. The highest BCUT2D eigenvalue weighted by atomic mass is 19.3. The molecule has 1 aliphatic rings. The molecule has 2 aromatic carbocycles. The summed E-state index contributed by atoms with van der Waals surface area (Å²) in [7, 11) is 3.15. The van der Waals surface area contributed by atoms with Crippen molar-refractivity contribution in [1.82, 2.24) is 14.8 Å². The average molecular weight is 595 g/mol. The van der Waals surface area contributed by atoms with Crippen LogP contribution in [0.3, 0.4) is 0 Å². The van der Waals surface area contributed by atoms with Gasteiger partial charge in [0.1, 0.15) is 18.5 Å². The first-order valence-corrected chi connectivity index (χ1v) is 13.4. The molecule has 0 saturated carbocycles. The van der Waals surface area contributed by atoms with Gasteiger partial charge in [-0.15, -0.1) is 5.10 Å². The molecule has 1 aliphatic heterocycles. The maximum Gasteiger partial charge on any atom is 0.335 e. The van der Waals surface area contributed by atoms with Crippen molar-refractivity contribution in [3.63, 3.8) is 0 Å². The molecule has 1 fully saturated rings. The summed E-state index contributed by atoms with van der Waals surface area (Å²) in [4.78, 5) is 9.91. The highest BCUT2D eigenvalue weighted by Gasteiger charge is 2.53. The topological polar surface area (TPSA) is 89.2 Å². The number of alkyl halides is 4. The summed E-state index contributed by atoms with van der Waals surface area (Å²) in [5, 5.41) is 8.46. The molecule has 5 atom stereocenters. The van der Waals surface area contributed by atoms with E-state index in [1.165, 1.54) is 29.4 Å². The maximum absolute atomic E-state index is 13.9. The van der Waals surface area contributed by atoms with Gasteiger partial charge in [0.15, 0.2) is 11.9 Å². The third-order valence-electron chi connectivity index (χ3n) is 6.86. The highest BCUT2D eigenvalue weighted by Crippen LogP contribution is 2.42. The number of benzene rings is 2. The Hall–Kier alpha value is -3.39. The fourth-order valence-electron chi connectivity index (χ4n) is 4.54. The van der Waals surface area contributed by atoms with E-state index in [4.69, 9.17) is 23.8 Å². The smallest absolute Gasteiger partial charge is 0.335 e. The third-order valence-corrected chi connectivity index (χ3v) is 6.86. The summed E-state index contributed by atoms with van der Waals surface area (Å²) in [6.07, 6.45) is 1.38. The van der Waals surface area contributed by atoms with Crippen LogP contribution in [0.5, 0.6) is 0 Å². The van der Waals surface area contributed by atoms with Gasteiger partial charge in [-0.25, -0.2) is 9.67 Å². The van der Waals surface area contributed by atoms with Crippen molar-refractivity contribution in [3.05, 3.63) is 66.0 Å². The van der Waals surface area contributed by atoms with E-state index in [0.29, 0.717) is 23.7 Å². The van der Waals surface area contributed by atoms with Gasteiger partial charge < -0.3 is 23.8 Å². The lowest BCUT2D eigenvalue weighted by atomic mass is 9.99. The zero-order valence-electron chi connectivity index (χ0n) is 23.9. The number of nitrogens with zero attached hydrogens (tertiary/aromatic N) is 4. The van der Waals surface area contributed by atoms with Crippen LogP contribution in [0.4, 0.5) is 17.6 Å². The molecule has 13 heteroatoms. The summed E-state index contributed by atoms with van der Waals surface area (Å²) in [5.41, 5.74) is 1.02. The molecule has 0 unspecified atom stereocenters. The zero-order valence-corrected chi connectivity index (χ0v) is 23.9. The first kappa shape index (κ1) is 31.5. The van der Waals surface area contributed by atoms with Crippen LogP contribution in [-0.2, 0) is 29.7 Å². The fourth-order valence-corrected chi connectivity index (χ4v) is 4.54. The van der Waals surface area contributed by atoms with Crippen molar-refractivity contribution in [1.29, 1.82) is 0 Å². The lowest BCUT2D eigenvalue weighted by molar-refractivity contribution is -0.308. The highest BCUT2D eigenvalue weighted by molar-refractivity contribution is 5.80. The van der Waals surface area contributed by atoms with Crippen LogP contribution in [0.15, 0.2) is 60.0 Å². The Balaban J connectivity index is 1.40. The minimum absolute atomic E-state index is 0.188. The first-order valence-electron chi connectivity index (χ1n) is 13.4. The summed E-state index contributed by atoms with van der Waals surface area (Å²) >= 11 is 0. The van der Waals surface area contributed by atoms with Gasteiger partial charge in [-0.05, 0) is 31.0 Å². The number of methoxy groups -OCH3 is 2. The van der Waals surface area contributed by atoms with Gasteiger partial charge in [-0.1, -0.05) is 48.5 Å². The van der Waals surface area contributed by atoms with E-state index in [0.717, 1.165) is 24.1 Å². The second-order valence-electron chi connectivity index (χ2n) is 9.93. The molecule has 0 spiro atoms. The van der Waals surface area contributed by atoms with Crippen LogP contribution in [-0.4, -0.2) is 78.4 Å². The van der Waals surface area contributed by atoms with Crippen LogP contribution in [0.25, 0.3) is 17.1 Å². The SMILES string of the molecule is CCCO[C@@H]1[C@@H](OC)[C@H](C)O[C@@H](O/N=C/c2ccc(-c3ncn(-c4ccc(C(F)(F)C(C)(F)F)cc4)n3)cc2)[C@@H]1OC. The number of hydrogen-bond donors (Lipinski definition) is 0. The van der Waals surface area contributed by atoms with Gasteiger partial charge in [-0.2, -0.15) is 17.6 Å². The molecule has 42 heavy (non-hydrogen) atoms. The van der Waals surface area contributed by atoms with E-state index in [1.807, 2.05) is 13.8 Å². The standard InChI is InChI=1S/C29H34F4N4O5/c1-6-15-40-24-23(38-4)18(2)41-27(25(24)39-5)42-35-16-19-7-9-20(10-8-19)26-34-17-37(36-26)22-13-11-21(12-14-22)29(32,33)28(3,30)31/h7-14,16-18,23-25,27H,6,15H2,1-5H3/b35-16+/t18-,23-,24+,25+,27-/m0/s1. The number of ether oxygens (including phenoxy) is 4. The molecule has 0 aliphatic carbocycles. The van der Waals surface area contributed by atoms with Crippen LogP contribution < -0.4 is 0 Å². The Morgan fingerprint density at radius 3 is 2.24 bits per heavy atom. The molecule has 0 radical (unpaired) electrons. The Morgan fingerprint density at radius 1 is 0.976 bits per heavy atom. The molecule has 9 nitrogen and oxygen atoms in total. The van der Waals surface area contributed by atoms with E-state index in [9.17, 15) is 17.6 Å². The van der Waals surface area contributed by atoms with Crippen molar-refractivity contribution in [3.8, 4) is 17.1 Å². The second kappa shape index (κ2) is 13.3. The van der Waals surface area contributed by atoms with Gasteiger partial charge in [0, 0.05) is 38.9 Å². The molecule has 0 N–H and O–H groups in total. The monoisotopic (exact) mass is 594 g/mol. The van der Waals surface area contributed by atoms with Crippen LogP contribution >= 0.6 is 0 Å². The molecule has 4 rings (SSSR count). The fraction of sp³-hybridized carbons (Fsp3) is 0.483. The third kappa shape index (κ3) is 6.80. The Labute approximate surface area is 241 Å². The van der Waals surface area contributed by atoms with Gasteiger partial charge >= 0.3 is 11.8 Å². The van der Waals surface area contributed by atoms with Crippen molar-refractivity contribution in [2.45, 2.75) is 69.7 Å². The largest absolute Gasteiger partial charge is 0.376 e. The Morgan fingerprint density at radius 2 is 1.64 bits per heavy atom. The van der Waals surface area contributed by atoms with Crippen molar-refractivity contribution < 1.29 is 41.3 Å². The first-order chi connectivity index (χ1) is 20.0. The Kier molecular flexibility index (Phi) is 9.97. The van der Waals surface area contributed by atoms with Gasteiger partial charge in [0.2, 0.25) is 0 Å². The summed E-state index contributed by atoms with van der Waals surface area (Å²) in [6.45, 7) is 4.62. The number of aromatic nitrogens is 3. The number of oxime groups is 1. The number of halogens is 4. The van der Waals surface area contributed by atoms with E-state index < -0.39 is 35.9 Å². The molecule has 2 heterocycles. The van der Waals surface area contributed by atoms with Gasteiger partial charge in [0.25, 0.3) is 6.29 Å². The lowest BCUT2D eigenvalue weighted by Crippen LogP contribution is -2.59. The zero-order chi connectivity index (χ0) is 30.5. The molecular formula is C29H34F4N4O5. The predicted molar refractivity (Wildman–Crippen MR) is 146 cm³/mol. The molecule has 1 aromatic heterocycles. The summed E-state index contributed by atoms with van der Waals surface area (Å²) < 4.78 is 79.0. The van der Waals surface area contributed by atoms with Crippen molar-refractivity contribution in [2.75, 3.05) is 20.8 Å². The maximum atomic E-state index is 13.9. The normalized spacial score (nSPS) is 23.4. The van der Waals surface area contributed by atoms with E-state index in [2.05, 4.69) is 15.2 Å². The minimum atomic E-state index is -4.29. The number of hydrogen-bond acceptors (Lipinski definition) is 8. The molecule has 228 valence electrons. The lowest BCUT2D eigenvalue weighted by Gasteiger charge is -2.42. The average Bonchev–Trinajstić information content (AvgIpc) is 3.46. The number of rotatable bonds is 12. The van der Waals surface area contributed by atoms with E-state index in [-0.39, 0.29) is 19.1 Å². The second-order valence-corrected chi connectivity index (χ2v) is 9.93. The molecular weight excluding hydrogens is 560 g/mol. The van der Waals surface area contributed by atoms with Gasteiger partial charge in [-0.3, -0.25) is 0 Å². The van der Waals surface area contributed by atoms with Crippen molar-refractivity contribution in [2.24, 2.45) is 5.16 Å². The quantitative estimate of drug-likeness (QED) is 0.153. The van der Waals surface area contributed by atoms with Crippen LogP contribution in [0.2, 0.25) is 0 Å². The predicted octanol–water partition coefficient (Wildman–Crippen LogP) is 5.60. The summed E-state index contributed by atoms with van der Waals surface area (Å²) in [6, 6.07) is 11.6. The molecule has 3 aromatic rings. The van der Waals surface area contributed by atoms with Crippen molar-refractivity contribution >= 4 is 6.21 Å². The van der Waals surface area contributed by atoms with Crippen LogP contribution in [0.1, 0.15) is 38.3 Å². The molecule has 0 bridgehead atoms. The Bertz CT molecular complexity index is 1310. The van der Waals surface area contributed by atoms with E-state index >= 15 is 0 Å². The minimum Gasteiger partial charge on any atom is -0.376 e. The summed E-state index contributed by atoms with van der Waals surface area (Å²) in [5.74, 6) is -8.10. The van der Waals surface area contributed by atoms with Crippen LogP contribution in [0, 0.1) is 0 Å². The van der Waals surface area contributed by atoms with Gasteiger partial charge in [0.05, 0.1) is 18.0 Å².